The smallest absolute Gasteiger partial charge is 0.229 e. The molecule has 84 valence electrons. The molecule has 1 aromatic carbocycles. The molecule has 16 heavy (non-hydrogen) atoms. The third kappa shape index (κ3) is 1.74. The Labute approximate surface area is 99.5 Å². The minimum absolute atomic E-state index is 0.621. The van der Waals surface area contributed by atoms with E-state index in [0.29, 0.717) is 4.77 Å². The van der Waals surface area contributed by atoms with Crippen molar-refractivity contribution >= 4 is 23.9 Å². The number of aromatic nitrogens is 3. The summed E-state index contributed by atoms with van der Waals surface area (Å²) in [6, 6.07) is 8.18. The van der Waals surface area contributed by atoms with Crippen LogP contribution in [0.5, 0.6) is 0 Å². The van der Waals surface area contributed by atoms with Crippen LogP contribution in [0, 0.1) is 11.7 Å². The number of aryl methyl sites for hydroxylation is 1. The quantitative estimate of drug-likeness (QED) is 0.811. The molecule has 0 atom stereocenters. The van der Waals surface area contributed by atoms with Crippen molar-refractivity contribution in [3.05, 3.63) is 34.6 Å². The first-order chi connectivity index (χ1) is 7.61. The minimum atomic E-state index is 0.621. The van der Waals surface area contributed by atoms with Gasteiger partial charge in [-0.1, -0.05) is 18.2 Å². The van der Waals surface area contributed by atoms with Crippen LogP contribution in [0.2, 0.25) is 0 Å². The van der Waals surface area contributed by atoms with Gasteiger partial charge in [0.25, 0.3) is 0 Å². The number of nitrogens with zero attached hydrogens (tertiary/aromatic N) is 3. The SMILES string of the molecule is Cc1ccccc1N(C)c1n[nH]c(=S)n1C. The molecule has 0 saturated heterocycles. The molecule has 0 aliphatic carbocycles. The van der Waals surface area contributed by atoms with Gasteiger partial charge in [-0.3, -0.25) is 4.57 Å². The number of rotatable bonds is 2. The van der Waals surface area contributed by atoms with E-state index in [1.165, 1.54) is 5.56 Å². The van der Waals surface area contributed by atoms with Crippen LogP contribution in [-0.4, -0.2) is 21.8 Å². The van der Waals surface area contributed by atoms with Crippen molar-refractivity contribution in [2.45, 2.75) is 6.92 Å². The van der Waals surface area contributed by atoms with Crippen molar-refractivity contribution in [2.24, 2.45) is 7.05 Å². The molecule has 0 aliphatic heterocycles. The molecule has 1 heterocycles. The van der Waals surface area contributed by atoms with Crippen LogP contribution < -0.4 is 4.90 Å². The monoisotopic (exact) mass is 234 g/mol. The van der Waals surface area contributed by atoms with E-state index in [0.717, 1.165) is 11.6 Å². The van der Waals surface area contributed by atoms with Gasteiger partial charge in [-0.05, 0) is 30.8 Å². The maximum absolute atomic E-state index is 5.09. The van der Waals surface area contributed by atoms with Crippen molar-refractivity contribution in [2.75, 3.05) is 11.9 Å². The largest absolute Gasteiger partial charge is 0.313 e. The Hall–Kier alpha value is -1.62. The Morgan fingerprint density at radius 3 is 2.62 bits per heavy atom. The summed E-state index contributed by atoms with van der Waals surface area (Å²) in [5, 5.41) is 6.99. The van der Waals surface area contributed by atoms with Crippen molar-refractivity contribution < 1.29 is 0 Å². The van der Waals surface area contributed by atoms with Crippen molar-refractivity contribution in [3.63, 3.8) is 0 Å². The molecular formula is C11H14N4S. The number of para-hydroxylation sites is 1. The van der Waals surface area contributed by atoms with Crippen molar-refractivity contribution in [1.29, 1.82) is 0 Å². The fraction of sp³-hybridized carbons (Fsp3) is 0.273. The van der Waals surface area contributed by atoms with E-state index >= 15 is 0 Å². The Balaban J connectivity index is 2.47. The Morgan fingerprint density at radius 2 is 2.06 bits per heavy atom. The molecule has 0 unspecified atom stereocenters. The highest BCUT2D eigenvalue weighted by Gasteiger charge is 2.11. The zero-order valence-electron chi connectivity index (χ0n) is 9.56. The van der Waals surface area contributed by atoms with E-state index in [4.69, 9.17) is 12.2 Å². The predicted octanol–water partition coefficient (Wildman–Crippen LogP) is 2.55. The summed E-state index contributed by atoms with van der Waals surface area (Å²) < 4.78 is 2.47. The topological polar surface area (TPSA) is 36.9 Å². The number of benzene rings is 1. The molecular weight excluding hydrogens is 220 g/mol. The van der Waals surface area contributed by atoms with Crippen LogP contribution in [0.1, 0.15) is 5.56 Å². The van der Waals surface area contributed by atoms with Crippen LogP contribution in [0.15, 0.2) is 24.3 Å². The molecule has 1 aromatic heterocycles. The fourth-order valence-corrected chi connectivity index (χ4v) is 1.81. The average molecular weight is 234 g/mol. The summed E-state index contributed by atoms with van der Waals surface area (Å²) in [5.74, 6) is 0.805. The van der Waals surface area contributed by atoms with Gasteiger partial charge in [-0.2, -0.15) is 0 Å². The number of nitrogens with one attached hydrogen (secondary N) is 1. The van der Waals surface area contributed by atoms with Crippen molar-refractivity contribution in [3.8, 4) is 0 Å². The highest BCUT2D eigenvalue weighted by Crippen LogP contribution is 2.24. The maximum atomic E-state index is 5.09. The third-order valence-corrected chi connectivity index (χ3v) is 3.00. The van der Waals surface area contributed by atoms with Gasteiger partial charge < -0.3 is 4.90 Å². The van der Waals surface area contributed by atoms with Crippen LogP contribution >= 0.6 is 12.2 Å². The van der Waals surface area contributed by atoms with E-state index in [1.807, 2.05) is 35.7 Å². The lowest BCUT2D eigenvalue weighted by Crippen LogP contribution is -2.15. The Bertz CT molecular complexity index is 555. The molecule has 0 aliphatic rings. The number of hydrogen-bond acceptors (Lipinski definition) is 3. The highest BCUT2D eigenvalue weighted by atomic mass is 32.1. The first-order valence-corrected chi connectivity index (χ1v) is 5.43. The summed E-state index contributed by atoms with van der Waals surface area (Å²) in [7, 11) is 3.88. The van der Waals surface area contributed by atoms with Crippen molar-refractivity contribution in [1.82, 2.24) is 14.8 Å². The summed E-state index contributed by atoms with van der Waals surface area (Å²) in [6.07, 6.45) is 0. The van der Waals surface area contributed by atoms with E-state index in [2.05, 4.69) is 29.3 Å². The number of anilines is 2. The number of H-pyrrole nitrogens is 1. The van der Waals surface area contributed by atoms with Crippen LogP contribution in [-0.2, 0) is 7.05 Å². The van der Waals surface area contributed by atoms with Gasteiger partial charge in [0.05, 0.1) is 0 Å². The predicted molar refractivity (Wildman–Crippen MR) is 67.6 cm³/mol. The summed E-state index contributed by atoms with van der Waals surface area (Å²) in [6.45, 7) is 2.08. The van der Waals surface area contributed by atoms with Gasteiger partial charge in [0, 0.05) is 19.8 Å². The van der Waals surface area contributed by atoms with Gasteiger partial charge >= 0.3 is 0 Å². The second-order valence-corrected chi connectivity index (χ2v) is 4.12. The molecule has 5 heteroatoms. The summed E-state index contributed by atoms with van der Waals surface area (Å²) in [4.78, 5) is 2.02. The molecule has 2 aromatic rings. The average Bonchev–Trinajstić information content (AvgIpc) is 2.60. The van der Waals surface area contributed by atoms with Gasteiger partial charge in [0.15, 0.2) is 4.77 Å². The van der Waals surface area contributed by atoms with Crippen LogP contribution in [0.25, 0.3) is 0 Å². The summed E-state index contributed by atoms with van der Waals surface area (Å²) >= 11 is 5.09. The van der Waals surface area contributed by atoms with E-state index in [-0.39, 0.29) is 0 Å². The number of hydrogen-bond donors (Lipinski definition) is 1. The lowest BCUT2D eigenvalue weighted by molar-refractivity contribution is 0.870. The van der Waals surface area contributed by atoms with E-state index in [1.54, 1.807) is 0 Å². The molecule has 2 rings (SSSR count). The zero-order valence-corrected chi connectivity index (χ0v) is 10.4. The molecule has 4 nitrogen and oxygen atoms in total. The Morgan fingerprint density at radius 1 is 1.38 bits per heavy atom. The van der Waals surface area contributed by atoms with E-state index in [9.17, 15) is 0 Å². The third-order valence-electron chi connectivity index (χ3n) is 2.63. The van der Waals surface area contributed by atoms with Gasteiger partial charge in [-0.25, -0.2) is 5.10 Å². The first kappa shape index (κ1) is 10.9. The van der Waals surface area contributed by atoms with Gasteiger partial charge in [-0.15, -0.1) is 5.10 Å². The molecule has 0 amide bonds. The molecule has 0 saturated carbocycles. The molecule has 0 fully saturated rings. The molecule has 0 spiro atoms. The lowest BCUT2D eigenvalue weighted by Gasteiger charge is -2.19. The Kier molecular flexibility index (Phi) is 2.78. The second kappa shape index (κ2) is 4.09. The molecule has 1 N–H and O–H groups in total. The standard InChI is InChI=1S/C11H14N4S/c1-8-6-4-5-7-9(8)14(2)10-12-13-11(16)15(10)3/h4-7H,1-3H3,(H,13,16). The van der Waals surface area contributed by atoms with Gasteiger partial charge in [0.2, 0.25) is 5.95 Å². The first-order valence-electron chi connectivity index (χ1n) is 5.02. The van der Waals surface area contributed by atoms with Crippen LogP contribution in [0.3, 0.4) is 0 Å². The van der Waals surface area contributed by atoms with Crippen LogP contribution in [0.4, 0.5) is 11.6 Å². The van der Waals surface area contributed by atoms with E-state index < -0.39 is 0 Å². The molecule has 0 bridgehead atoms. The summed E-state index contributed by atoms with van der Waals surface area (Å²) in [5.41, 5.74) is 2.33. The zero-order chi connectivity index (χ0) is 11.7. The van der Waals surface area contributed by atoms with Gasteiger partial charge in [0.1, 0.15) is 0 Å². The highest BCUT2D eigenvalue weighted by molar-refractivity contribution is 7.71. The normalized spacial score (nSPS) is 10.4. The molecule has 0 radical (unpaired) electrons. The fourth-order valence-electron chi connectivity index (χ4n) is 1.69. The maximum Gasteiger partial charge on any atom is 0.229 e. The minimum Gasteiger partial charge on any atom is -0.313 e. The number of aromatic amines is 1. The second-order valence-electron chi connectivity index (χ2n) is 3.73. The lowest BCUT2D eigenvalue weighted by atomic mass is 10.2.